The maximum absolute atomic E-state index is 8.60. The molecule has 0 aliphatic rings. The molecule has 0 saturated carbocycles. The Morgan fingerprint density at radius 3 is 2.80 bits per heavy atom. The molecular formula is C11H17N3S. The van der Waals surface area contributed by atoms with Crippen molar-refractivity contribution in [2.24, 2.45) is 0 Å². The van der Waals surface area contributed by atoms with Crippen LogP contribution in [0.4, 0.5) is 5.13 Å². The van der Waals surface area contributed by atoms with Gasteiger partial charge < -0.3 is 4.90 Å². The summed E-state index contributed by atoms with van der Waals surface area (Å²) in [5.74, 6) is 0. The topological polar surface area (TPSA) is 39.9 Å². The fourth-order valence-corrected chi connectivity index (χ4v) is 2.40. The normalized spacial score (nSPS) is 10.3. The van der Waals surface area contributed by atoms with E-state index in [1.54, 1.807) is 11.3 Å². The third-order valence-corrected chi connectivity index (χ3v) is 3.16. The van der Waals surface area contributed by atoms with Crippen LogP contribution >= 0.6 is 11.3 Å². The van der Waals surface area contributed by atoms with Crippen molar-refractivity contribution in [2.75, 3.05) is 11.4 Å². The van der Waals surface area contributed by atoms with Crippen LogP contribution in [0.3, 0.4) is 0 Å². The second-order valence-corrected chi connectivity index (χ2v) is 4.51. The molecule has 0 radical (unpaired) electrons. The van der Waals surface area contributed by atoms with Crippen LogP contribution in [0.15, 0.2) is 5.38 Å². The minimum atomic E-state index is 0.397. The molecule has 3 nitrogen and oxygen atoms in total. The summed E-state index contributed by atoms with van der Waals surface area (Å²) in [6, 6.07) is 2.58. The molecule has 0 aliphatic carbocycles. The van der Waals surface area contributed by atoms with Gasteiger partial charge in [0.2, 0.25) is 0 Å². The van der Waals surface area contributed by atoms with E-state index in [4.69, 9.17) is 5.26 Å². The second kappa shape index (κ2) is 5.72. The predicted molar refractivity (Wildman–Crippen MR) is 64.2 cm³/mol. The number of hydrogen-bond acceptors (Lipinski definition) is 4. The molecule has 1 heterocycles. The van der Waals surface area contributed by atoms with Crippen molar-refractivity contribution >= 4 is 16.5 Å². The van der Waals surface area contributed by atoms with Gasteiger partial charge in [-0.1, -0.05) is 6.92 Å². The zero-order chi connectivity index (χ0) is 11.3. The number of aromatic nitrogens is 1. The lowest BCUT2D eigenvalue weighted by atomic mass is 10.3. The molecule has 15 heavy (non-hydrogen) atoms. The first-order valence-corrected chi connectivity index (χ1v) is 6.15. The first-order valence-electron chi connectivity index (χ1n) is 5.27. The SMILES string of the molecule is CCc1csc(N(CCC#N)C(C)C)n1. The highest BCUT2D eigenvalue weighted by atomic mass is 32.1. The number of anilines is 1. The summed E-state index contributed by atoms with van der Waals surface area (Å²) in [7, 11) is 0. The average Bonchev–Trinajstić information content (AvgIpc) is 2.66. The molecular weight excluding hydrogens is 206 g/mol. The van der Waals surface area contributed by atoms with Crippen LogP contribution in [0, 0.1) is 11.3 Å². The van der Waals surface area contributed by atoms with Crippen LogP contribution in [0.1, 0.15) is 32.9 Å². The zero-order valence-electron chi connectivity index (χ0n) is 9.53. The molecule has 0 bridgehead atoms. The van der Waals surface area contributed by atoms with Gasteiger partial charge in [0.1, 0.15) is 0 Å². The minimum absolute atomic E-state index is 0.397. The number of aryl methyl sites for hydroxylation is 1. The minimum Gasteiger partial charge on any atom is -0.345 e. The van der Waals surface area contributed by atoms with Crippen molar-refractivity contribution in [3.8, 4) is 6.07 Å². The molecule has 0 atom stereocenters. The van der Waals surface area contributed by atoms with E-state index in [1.807, 2.05) is 0 Å². The lowest BCUT2D eigenvalue weighted by Gasteiger charge is -2.24. The van der Waals surface area contributed by atoms with Gasteiger partial charge >= 0.3 is 0 Å². The van der Waals surface area contributed by atoms with Crippen LogP contribution in [0.2, 0.25) is 0 Å². The maximum atomic E-state index is 8.60. The molecule has 1 aromatic heterocycles. The van der Waals surface area contributed by atoms with Crippen molar-refractivity contribution in [2.45, 2.75) is 39.7 Å². The fraction of sp³-hybridized carbons (Fsp3) is 0.636. The van der Waals surface area contributed by atoms with Crippen LogP contribution in [0.25, 0.3) is 0 Å². The second-order valence-electron chi connectivity index (χ2n) is 3.67. The van der Waals surface area contributed by atoms with Gasteiger partial charge in [-0.05, 0) is 20.3 Å². The Hall–Kier alpha value is -1.08. The molecule has 0 saturated heterocycles. The molecule has 0 amide bonds. The summed E-state index contributed by atoms with van der Waals surface area (Å²) in [5, 5.41) is 11.7. The van der Waals surface area contributed by atoms with Gasteiger partial charge in [-0.2, -0.15) is 5.26 Å². The van der Waals surface area contributed by atoms with Crippen LogP contribution < -0.4 is 4.90 Å². The van der Waals surface area contributed by atoms with E-state index < -0.39 is 0 Å². The molecule has 0 fully saturated rings. The van der Waals surface area contributed by atoms with Crippen LogP contribution in [-0.2, 0) is 6.42 Å². The first-order chi connectivity index (χ1) is 7.19. The zero-order valence-corrected chi connectivity index (χ0v) is 10.3. The molecule has 1 aromatic rings. The Balaban J connectivity index is 2.75. The van der Waals surface area contributed by atoms with Crippen molar-refractivity contribution in [1.82, 2.24) is 4.98 Å². The third-order valence-electron chi connectivity index (χ3n) is 2.24. The van der Waals surface area contributed by atoms with E-state index >= 15 is 0 Å². The fourth-order valence-electron chi connectivity index (χ4n) is 1.34. The lowest BCUT2D eigenvalue weighted by molar-refractivity contribution is 0.683. The monoisotopic (exact) mass is 223 g/mol. The summed E-state index contributed by atoms with van der Waals surface area (Å²) in [5.41, 5.74) is 1.14. The number of nitriles is 1. The number of hydrogen-bond donors (Lipinski definition) is 0. The van der Waals surface area contributed by atoms with E-state index in [9.17, 15) is 0 Å². The van der Waals surface area contributed by atoms with E-state index in [0.29, 0.717) is 12.5 Å². The summed E-state index contributed by atoms with van der Waals surface area (Å²) in [6.07, 6.45) is 1.53. The molecule has 4 heteroatoms. The standard InChI is InChI=1S/C11H17N3S/c1-4-10-8-15-11(13-10)14(9(2)3)7-5-6-12/h8-9H,4-5,7H2,1-3H3. The summed E-state index contributed by atoms with van der Waals surface area (Å²) in [6.45, 7) is 7.13. The number of nitrogens with zero attached hydrogens (tertiary/aromatic N) is 3. The summed E-state index contributed by atoms with van der Waals surface area (Å²) in [4.78, 5) is 6.73. The van der Waals surface area contributed by atoms with E-state index in [1.165, 1.54) is 0 Å². The highest BCUT2D eigenvalue weighted by Crippen LogP contribution is 2.22. The van der Waals surface area contributed by atoms with Gasteiger partial charge in [0.05, 0.1) is 18.2 Å². The first kappa shape index (κ1) is 12.0. The molecule has 0 unspecified atom stereocenters. The predicted octanol–water partition coefficient (Wildman–Crippen LogP) is 2.83. The molecule has 1 rings (SSSR count). The van der Waals surface area contributed by atoms with Crippen molar-refractivity contribution in [3.05, 3.63) is 11.1 Å². The molecule has 0 spiro atoms. The Bertz CT molecular complexity index is 338. The van der Waals surface area contributed by atoms with Gasteiger partial charge in [0.25, 0.3) is 0 Å². The quantitative estimate of drug-likeness (QED) is 0.770. The van der Waals surface area contributed by atoms with E-state index in [2.05, 4.69) is 42.1 Å². The Labute approximate surface area is 95.4 Å². The Morgan fingerprint density at radius 1 is 1.60 bits per heavy atom. The summed E-state index contributed by atoms with van der Waals surface area (Å²) >= 11 is 1.67. The smallest absolute Gasteiger partial charge is 0.185 e. The summed E-state index contributed by atoms with van der Waals surface area (Å²) < 4.78 is 0. The lowest BCUT2D eigenvalue weighted by Crippen LogP contribution is -2.31. The van der Waals surface area contributed by atoms with Gasteiger partial charge in [-0.3, -0.25) is 0 Å². The molecule has 0 N–H and O–H groups in total. The highest BCUT2D eigenvalue weighted by Gasteiger charge is 2.13. The Morgan fingerprint density at radius 2 is 2.33 bits per heavy atom. The van der Waals surface area contributed by atoms with Crippen molar-refractivity contribution < 1.29 is 0 Å². The van der Waals surface area contributed by atoms with E-state index in [0.717, 1.165) is 23.8 Å². The van der Waals surface area contributed by atoms with Gasteiger partial charge in [0, 0.05) is 18.0 Å². The molecule has 0 aliphatic heterocycles. The molecule has 0 aromatic carbocycles. The van der Waals surface area contributed by atoms with Crippen LogP contribution in [0.5, 0.6) is 0 Å². The van der Waals surface area contributed by atoms with Crippen molar-refractivity contribution in [1.29, 1.82) is 5.26 Å². The van der Waals surface area contributed by atoms with Gasteiger partial charge in [-0.25, -0.2) is 4.98 Å². The van der Waals surface area contributed by atoms with E-state index in [-0.39, 0.29) is 0 Å². The van der Waals surface area contributed by atoms with Crippen molar-refractivity contribution in [3.63, 3.8) is 0 Å². The molecule has 82 valence electrons. The number of rotatable bonds is 5. The maximum Gasteiger partial charge on any atom is 0.185 e. The Kier molecular flexibility index (Phi) is 4.57. The third kappa shape index (κ3) is 3.21. The highest BCUT2D eigenvalue weighted by molar-refractivity contribution is 7.13. The van der Waals surface area contributed by atoms with Crippen LogP contribution in [-0.4, -0.2) is 17.6 Å². The largest absolute Gasteiger partial charge is 0.345 e. The number of thiazole rings is 1. The van der Waals surface area contributed by atoms with Gasteiger partial charge in [-0.15, -0.1) is 11.3 Å². The van der Waals surface area contributed by atoms with Gasteiger partial charge in [0.15, 0.2) is 5.13 Å². The average molecular weight is 223 g/mol.